The molecule has 2 N–H and O–H groups in total. The van der Waals surface area contributed by atoms with E-state index in [4.69, 9.17) is 5.73 Å². The largest absolute Gasteiger partial charge is 0.398 e. The topological polar surface area (TPSA) is 49.6 Å². The molecule has 0 bridgehead atoms. The number of carbonyl (C=O) groups excluding carboxylic acids is 1. The molecule has 0 spiro atoms. The molecular weight excluding hydrogens is 306 g/mol. The summed E-state index contributed by atoms with van der Waals surface area (Å²) < 4.78 is 0.813. The number of carbonyl (C=O) groups is 1. The second kappa shape index (κ2) is 6.91. The number of amides is 1. The van der Waals surface area contributed by atoms with E-state index in [-0.39, 0.29) is 11.9 Å². The fourth-order valence-corrected chi connectivity index (χ4v) is 2.37. The summed E-state index contributed by atoms with van der Waals surface area (Å²) >= 11 is 3.34. The number of likely N-dealkylation sites (N-methyl/N-ethyl adjacent to an activating group) is 2. The molecule has 0 fully saturated rings. The van der Waals surface area contributed by atoms with Gasteiger partial charge in [0.2, 0.25) is 0 Å². The minimum absolute atomic E-state index is 0.0241. The Balaban J connectivity index is 2.91. The van der Waals surface area contributed by atoms with Gasteiger partial charge < -0.3 is 15.5 Å². The fraction of sp³-hybridized carbons (Fsp3) is 0.500. The summed E-state index contributed by atoms with van der Waals surface area (Å²) in [5, 5.41) is 0. The van der Waals surface area contributed by atoms with Crippen molar-refractivity contribution >= 4 is 27.5 Å². The Morgan fingerprint density at radius 3 is 2.53 bits per heavy atom. The van der Waals surface area contributed by atoms with E-state index < -0.39 is 0 Å². The second-order valence-electron chi connectivity index (χ2n) is 4.94. The fourth-order valence-electron chi connectivity index (χ4n) is 2.13. The van der Waals surface area contributed by atoms with Gasteiger partial charge in [-0.3, -0.25) is 4.79 Å². The Kier molecular flexibility index (Phi) is 5.82. The van der Waals surface area contributed by atoms with Crippen molar-refractivity contribution in [2.24, 2.45) is 0 Å². The van der Waals surface area contributed by atoms with Gasteiger partial charge in [-0.2, -0.15) is 0 Å². The molecule has 0 aliphatic carbocycles. The number of nitrogen functional groups attached to an aromatic ring is 1. The summed E-state index contributed by atoms with van der Waals surface area (Å²) in [5.74, 6) is 0.0241. The van der Waals surface area contributed by atoms with Crippen LogP contribution in [0.25, 0.3) is 0 Å². The highest BCUT2D eigenvalue weighted by molar-refractivity contribution is 9.10. The molecule has 0 radical (unpaired) electrons. The van der Waals surface area contributed by atoms with Crippen LogP contribution in [-0.2, 0) is 0 Å². The first kappa shape index (κ1) is 16.0. The van der Waals surface area contributed by atoms with Gasteiger partial charge in [0.1, 0.15) is 0 Å². The van der Waals surface area contributed by atoms with Crippen molar-refractivity contribution in [3.63, 3.8) is 0 Å². The van der Waals surface area contributed by atoms with Gasteiger partial charge in [0.15, 0.2) is 0 Å². The van der Waals surface area contributed by atoms with Gasteiger partial charge >= 0.3 is 0 Å². The molecular formula is C14H22BrN3O. The zero-order valence-corrected chi connectivity index (χ0v) is 13.6. The minimum atomic E-state index is 0.0241. The van der Waals surface area contributed by atoms with Crippen molar-refractivity contribution in [3.05, 3.63) is 28.2 Å². The molecule has 0 saturated carbocycles. The van der Waals surface area contributed by atoms with Crippen LogP contribution >= 0.6 is 15.9 Å². The first-order valence-electron chi connectivity index (χ1n) is 6.37. The van der Waals surface area contributed by atoms with E-state index in [1.165, 1.54) is 0 Å². The average Bonchev–Trinajstić information content (AvgIpc) is 2.32. The molecule has 1 rings (SSSR count). The van der Waals surface area contributed by atoms with E-state index >= 15 is 0 Å². The highest BCUT2D eigenvalue weighted by Crippen LogP contribution is 2.21. The van der Waals surface area contributed by atoms with Crippen LogP contribution in [0.15, 0.2) is 22.7 Å². The number of nitrogens with zero attached hydrogens (tertiary/aromatic N) is 2. The predicted molar refractivity (Wildman–Crippen MR) is 83.3 cm³/mol. The Morgan fingerprint density at radius 2 is 2.05 bits per heavy atom. The molecule has 1 atom stereocenters. The lowest BCUT2D eigenvalue weighted by atomic mass is 10.1. The standard InChI is InChI=1S/C14H22BrN3O/c1-5-18(10(2)9-17(3)4)14(19)11-6-7-12(15)13(16)8-11/h6-8,10H,5,9,16H2,1-4H3. The third-order valence-corrected chi connectivity index (χ3v) is 3.73. The maximum absolute atomic E-state index is 12.5. The van der Waals surface area contributed by atoms with Crippen LogP contribution in [0, 0.1) is 0 Å². The molecule has 4 nitrogen and oxygen atoms in total. The summed E-state index contributed by atoms with van der Waals surface area (Å²) in [5.41, 5.74) is 7.05. The van der Waals surface area contributed by atoms with Crippen LogP contribution in [0.4, 0.5) is 5.69 Å². The van der Waals surface area contributed by atoms with Gasteiger partial charge in [0, 0.05) is 34.9 Å². The number of hydrogen-bond acceptors (Lipinski definition) is 3. The molecule has 5 heteroatoms. The summed E-state index contributed by atoms with van der Waals surface area (Å²) in [7, 11) is 4.01. The molecule has 0 heterocycles. The molecule has 0 aliphatic rings. The quantitative estimate of drug-likeness (QED) is 0.845. The maximum atomic E-state index is 12.5. The van der Waals surface area contributed by atoms with Gasteiger partial charge in [-0.1, -0.05) is 0 Å². The van der Waals surface area contributed by atoms with Crippen molar-refractivity contribution in [3.8, 4) is 0 Å². The number of halogens is 1. The number of benzene rings is 1. The lowest BCUT2D eigenvalue weighted by Crippen LogP contribution is -2.43. The van der Waals surface area contributed by atoms with Gasteiger partial charge in [-0.05, 0) is 62.1 Å². The zero-order valence-electron chi connectivity index (χ0n) is 12.0. The molecule has 1 aromatic rings. The van der Waals surface area contributed by atoms with Gasteiger partial charge in [-0.25, -0.2) is 0 Å². The van der Waals surface area contributed by atoms with E-state index in [1.807, 2.05) is 32.0 Å². The summed E-state index contributed by atoms with van der Waals surface area (Å²) in [6.45, 7) is 5.57. The lowest BCUT2D eigenvalue weighted by Gasteiger charge is -2.30. The third-order valence-electron chi connectivity index (χ3n) is 3.01. The van der Waals surface area contributed by atoms with E-state index in [9.17, 15) is 4.79 Å². The van der Waals surface area contributed by atoms with Crippen molar-refractivity contribution in [2.45, 2.75) is 19.9 Å². The molecule has 0 aromatic heterocycles. The molecule has 106 valence electrons. The molecule has 0 saturated heterocycles. The minimum Gasteiger partial charge on any atom is -0.398 e. The Bertz CT molecular complexity index is 448. The number of rotatable bonds is 5. The Morgan fingerprint density at radius 1 is 1.42 bits per heavy atom. The van der Waals surface area contributed by atoms with Crippen LogP contribution < -0.4 is 5.73 Å². The van der Waals surface area contributed by atoms with Crippen LogP contribution in [0.3, 0.4) is 0 Å². The van der Waals surface area contributed by atoms with Gasteiger partial charge in [-0.15, -0.1) is 0 Å². The Hall–Kier alpha value is -1.07. The van der Waals surface area contributed by atoms with Crippen LogP contribution in [0.2, 0.25) is 0 Å². The average molecular weight is 328 g/mol. The van der Waals surface area contributed by atoms with E-state index in [0.29, 0.717) is 17.8 Å². The van der Waals surface area contributed by atoms with Crippen molar-refractivity contribution < 1.29 is 4.79 Å². The van der Waals surface area contributed by atoms with Gasteiger partial charge in [0.05, 0.1) is 0 Å². The summed E-state index contributed by atoms with van der Waals surface area (Å²) in [6.07, 6.45) is 0. The highest BCUT2D eigenvalue weighted by atomic mass is 79.9. The molecule has 1 unspecified atom stereocenters. The predicted octanol–water partition coefficient (Wildman–Crippen LogP) is 2.44. The summed E-state index contributed by atoms with van der Waals surface area (Å²) in [4.78, 5) is 16.4. The molecule has 19 heavy (non-hydrogen) atoms. The molecule has 1 amide bonds. The maximum Gasteiger partial charge on any atom is 0.254 e. The van der Waals surface area contributed by atoms with Crippen LogP contribution in [0.5, 0.6) is 0 Å². The van der Waals surface area contributed by atoms with Crippen LogP contribution in [0.1, 0.15) is 24.2 Å². The molecule has 0 aliphatic heterocycles. The van der Waals surface area contributed by atoms with E-state index in [0.717, 1.165) is 11.0 Å². The normalized spacial score (nSPS) is 12.5. The smallest absolute Gasteiger partial charge is 0.254 e. The zero-order chi connectivity index (χ0) is 14.6. The van der Waals surface area contributed by atoms with E-state index in [1.54, 1.807) is 12.1 Å². The number of nitrogens with two attached hydrogens (primary N) is 1. The molecule has 1 aromatic carbocycles. The van der Waals surface area contributed by atoms with Crippen LogP contribution in [-0.4, -0.2) is 48.9 Å². The summed E-state index contributed by atoms with van der Waals surface area (Å²) in [6, 6.07) is 5.50. The van der Waals surface area contributed by atoms with Crippen molar-refractivity contribution in [1.29, 1.82) is 0 Å². The van der Waals surface area contributed by atoms with E-state index in [2.05, 4.69) is 27.8 Å². The number of anilines is 1. The highest BCUT2D eigenvalue weighted by Gasteiger charge is 2.20. The Labute approximate surface area is 123 Å². The van der Waals surface area contributed by atoms with Crippen molar-refractivity contribution in [2.75, 3.05) is 32.9 Å². The number of hydrogen-bond donors (Lipinski definition) is 1. The first-order chi connectivity index (χ1) is 8.86. The van der Waals surface area contributed by atoms with Gasteiger partial charge in [0.25, 0.3) is 5.91 Å². The SMILES string of the molecule is CCN(C(=O)c1ccc(Br)c(N)c1)C(C)CN(C)C. The first-order valence-corrected chi connectivity index (χ1v) is 7.16. The monoisotopic (exact) mass is 327 g/mol. The van der Waals surface area contributed by atoms with Crippen molar-refractivity contribution in [1.82, 2.24) is 9.80 Å². The second-order valence-corrected chi connectivity index (χ2v) is 5.79. The third kappa shape index (κ3) is 4.21. The lowest BCUT2D eigenvalue weighted by molar-refractivity contribution is 0.0679.